The van der Waals surface area contributed by atoms with E-state index in [1.54, 1.807) is 6.20 Å². The molecule has 1 heterocycles. The van der Waals surface area contributed by atoms with Crippen molar-refractivity contribution in [2.45, 2.75) is 13.5 Å². The van der Waals surface area contributed by atoms with Crippen LogP contribution in [0.25, 0.3) is 0 Å². The summed E-state index contributed by atoms with van der Waals surface area (Å²) in [7, 11) is 2.00. The Morgan fingerprint density at radius 1 is 1.32 bits per heavy atom. The fourth-order valence-corrected chi connectivity index (χ4v) is 2.54. The SMILES string of the molecule is Cc1c(N)cnc(N(C)Cc2ccc(Cl)cc2)c1Br. The monoisotopic (exact) mass is 339 g/mol. The van der Waals surface area contributed by atoms with Crippen LogP contribution in [0.3, 0.4) is 0 Å². The molecular formula is C14H15BrClN3. The molecule has 3 nitrogen and oxygen atoms in total. The predicted molar refractivity (Wildman–Crippen MR) is 84.6 cm³/mol. The molecule has 19 heavy (non-hydrogen) atoms. The zero-order valence-electron chi connectivity index (χ0n) is 10.8. The predicted octanol–water partition coefficient (Wildman–Crippen LogP) is 4.02. The number of halogens is 2. The molecule has 0 bridgehead atoms. The van der Waals surface area contributed by atoms with E-state index in [1.807, 2.05) is 38.2 Å². The topological polar surface area (TPSA) is 42.1 Å². The molecule has 0 fully saturated rings. The highest BCUT2D eigenvalue weighted by Crippen LogP contribution is 2.30. The first-order valence-electron chi connectivity index (χ1n) is 5.85. The van der Waals surface area contributed by atoms with E-state index in [9.17, 15) is 0 Å². The first-order valence-corrected chi connectivity index (χ1v) is 7.02. The molecule has 2 rings (SSSR count). The number of aromatic nitrogens is 1. The normalized spacial score (nSPS) is 10.5. The number of hydrogen-bond acceptors (Lipinski definition) is 3. The van der Waals surface area contributed by atoms with Gasteiger partial charge in [0.2, 0.25) is 0 Å². The number of benzene rings is 1. The van der Waals surface area contributed by atoms with Crippen LogP contribution in [0, 0.1) is 6.92 Å². The van der Waals surface area contributed by atoms with Gasteiger partial charge in [0.05, 0.1) is 16.4 Å². The van der Waals surface area contributed by atoms with Crippen LogP contribution in [0.4, 0.5) is 11.5 Å². The van der Waals surface area contributed by atoms with Gasteiger partial charge in [-0.1, -0.05) is 23.7 Å². The lowest BCUT2D eigenvalue weighted by Gasteiger charge is -2.21. The van der Waals surface area contributed by atoms with Crippen LogP contribution in [0.2, 0.25) is 5.02 Å². The second-order valence-corrected chi connectivity index (χ2v) is 5.69. The fourth-order valence-electron chi connectivity index (χ4n) is 1.78. The highest BCUT2D eigenvalue weighted by Gasteiger charge is 2.11. The summed E-state index contributed by atoms with van der Waals surface area (Å²) in [6.45, 7) is 2.73. The van der Waals surface area contributed by atoms with E-state index in [-0.39, 0.29) is 0 Å². The second-order valence-electron chi connectivity index (χ2n) is 4.46. The van der Waals surface area contributed by atoms with Crippen LogP contribution in [0.5, 0.6) is 0 Å². The van der Waals surface area contributed by atoms with Crippen molar-refractivity contribution in [1.82, 2.24) is 4.98 Å². The lowest BCUT2D eigenvalue weighted by Crippen LogP contribution is -2.18. The molecule has 2 N–H and O–H groups in total. The van der Waals surface area contributed by atoms with Gasteiger partial charge in [-0.3, -0.25) is 0 Å². The van der Waals surface area contributed by atoms with Gasteiger partial charge in [-0.25, -0.2) is 4.98 Å². The Bertz CT molecular complexity index is 584. The summed E-state index contributed by atoms with van der Waals surface area (Å²) in [6, 6.07) is 7.80. The van der Waals surface area contributed by atoms with E-state index in [2.05, 4.69) is 25.8 Å². The lowest BCUT2D eigenvalue weighted by molar-refractivity contribution is 0.892. The third-order valence-corrected chi connectivity index (χ3v) is 4.18. The second kappa shape index (κ2) is 5.80. The minimum absolute atomic E-state index is 0.690. The zero-order valence-corrected chi connectivity index (χ0v) is 13.2. The molecule has 5 heteroatoms. The molecule has 0 atom stereocenters. The van der Waals surface area contributed by atoms with Crippen LogP contribution >= 0.6 is 27.5 Å². The molecule has 1 aromatic heterocycles. The average molecular weight is 341 g/mol. The van der Waals surface area contributed by atoms with Gasteiger partial charge >= 0.3 is 0 Å². The quantitative estimate of drug-likeness (QED) is 0.917. The molecule has 0 saturated carbocycles. The number of hydrogen-bond donors (Lipinski definition) is 1. The molecule has 0 radical (unpaired) electrons. The van der Waals surface area contributed by atoms with Crippen molar-refractivity contribution in [3.8, 4) is 0 Å². The molecule has 2 aromatic rings. The van der Waals surface area contributed by atoms with Gasteiger partial charge in [0.1, 0.15) is 5.82 Å². The number of nitrogens with zero attached hydrogens (tertiary/aromatic N) is 2. The van der Waals surface area contributed by atoms with Gasteiger partial charge in [-0.2, -0.15) is 0 Å². The third-order valence-electron chi connectivity index (χ3n) is 2.98. The Balaban J connectivity index is 2.23. The maximum atomic E-state index is 5.88. The van der Waals surface area contributed by atoms with E-state index in [0.29, 0.717) is 5.69 Å². The van der Waals surface area contributed by atoms with Crippen LogP contribution in [0.15, 0.2) is 34.9 Å². The molecule has 0 aliphatic carbocycles. The van der Waals surface area contributed by atoms with Crippen molar-refractivity contribution >= 4 is 39.0 Å². The first-order chi connectivity index (χ1) is 8.99. The lowest BCUT2D eigenvalue weighted by atomic mass is 10.2. The first kappa shape index (κ1) is 14.2. The molecule has 1 aromatic carbocycles. The van der Waals surface area contributed by atoms with Crippen LogP contribution in [-0.4, -0.2) is 12.0 Å². The van der Waals surface area contributed by atoms with Crippen LogP contribution in [-0.2, 0) is 6.54 Å². The Kier molecular flexibility index (Phi) is 4.32. The number of anilines is 2. The van der Waals surface area contributed by atoms with E-state index >= 15 is 0 Å². The van der Waals surface area contributed by atoms with E-state index in [4.69, 9.17) is 17.3 Å². The summed E-state index contributed by atoms with van der Waals surface area (Å²) in [5.41, 5.74) is 8.71. The van der Waals surface area contributed by atoms with E-state index in [1.165, 1.54) is 5.56 Å². The number of nitrogen functional groups attached to an aromatic ring is 1. The Morgan fingerprint density at radius 2 is 1.95 bits per heavy atom. The highest BCUT2D eigenvalue weighted by molar-refractivity contribution is 9.10. The van der Waals surface area contributed by atoms with Crippen molar-refractivity contribution in [1.29, 1.82) is 0 Å². The van der Waals surface area contributed by atoms with Gasteiger partial charge in [-0.05, 0) is 46.1 Å². The summed E-state index contributed by atoms with van der Waals surface area (Å²) >= 11 is 9.43. The molecule has 0 amide bonds. The smallest absolute Gasteiger partial charge is 0.143 e. The van der Waals surface area contributed by atoms with Crippen molar-refractivity contribution in [2.75, 3.05) is 17.7 Å². The maximum Gasteiger partial charge on any atom is 0.143 e. The Hall–Kier alpha value is -1.26. The minimum atomic E-state index is 0.690. The maximum absolute atomic E-state index is 5.88. The van der Waals surface area contributed by atoms with E-state index in [0.717, 1.165) is 27.4 Å². The summed E-state index contributed by atoms with van der Waals surface area (Å²) in [6.07, 6.45) is 1.69. The third kappa shape index (κ3) is 3.19. The number of nitrogens with two attached hydrogens (primary N) is 1. The Morgan fingerprint density at radius 3 is 2.58 bits per heavy atom. The molecule has 100 valence electrons. The zero-order chi connectivity index (χ0) is 14.0. The van der Waals surface area contributed by atoms with Crippen molar-refractivity contribution in [3.05, 3.63) is 51.1 Å². The summed E-state index contributed by atoms with van der Waals surface area (Å²) in [5.74, 6) is 0.877. The van der Waals surface area contributed by atoms with Gasteiger partial charge in [0.15, 0.2) is 0 Å². The summed E-state index contributed by atoms with van der Waals surface area (Å²) < 4.78 is 0.934. The Labute approximate surface area is 126 Å². The van der Waals surface area contributed by atoms with Gasteiger partial charge in [-0.15, -0.1) is 0 Å². The molecular weight excluding hydrogens is 326 g/mol. The molecule has 0 saturated heterocycles. The fraction of sp³-hybridized carbons (Fsp3) is 0.214. The highest BCUT2D eigenvalue weighted by atomic mass is 79.9. The van der Waals surface area contributed by atoms with Crippen LogP contribution in [0.1, 0.15) is 11.1 Å². The summed E-state index contributed by atoms with van der Waals surface area (Å²) in [5, 5.41) is 0.744. The van der Waals surface area contributed by atoms with Crippen molar-refractivity contribution < 1.29 is 0 Å². The number of rotatable bonds is 3. The minimum Gasteiger partial charge on any atom is -0.397 e. The number of pyridine rings is 1. The van der Waals surface area contributed by atoms with Crippen molar-refractivity contribution in [3.63, 3.8) is 0 Å². The molecule has 0 unspecified atom stereocenters. The van der Waals surface area contributed by atoms with E-state index < -0.39 is 0 Å². The standard InChI is InChI=1S/C14H15BrClN3/c1-9-12(17)7-18-14(13(9)15)19(2)8-10-3-5-11(16)6-4-10/h3-7H,8,17H2,1-2H3. The van der Waals surface area contributed by atoms with Gasteiger partial charge in [0, 0.05) is 18.6 Å². The average Bonchev–Trinajstić information content (AvgIpc) is 2.39. The van der Waals surface area contributed by atoms with Crippen molar-refractivity contribution in [2.24, 2.45) is 0 Å². The van der Waals surface area contributed by atoms with Crippen LogP contribution < -0.4 is 10.6 Å². The van der Waals surface area contributed by atoms with Gasteiger partial charge < -0.3 is 10.6 Å². The van der Waals surface area contributed by atoms with Gasteiger partial charge in [0.25, 0.3) is 0 Å². The molecule has 0 aliphatic heterocycles. The molecule has 0 aliphatic rings. The largest absolute Gasteiger partial charge is 0.397 e. The summed E-state index contributed by atoms with van der Waals surface area (Å²) in [4.78, 5) is 6.45. The molecule has 0 spiro atoms.